The van der Waals surface area contributed by atoms with Crippen molar-refractivity contribution in [2.45, 2.75) is 18.2 Å². The number of aryl methyl sites for hydroxylation is 1. The molecule has 0 saturated heterocycles. The van der Waals surface area contributed by atoms with Crippen molar-refractivity contribution in [1.82, 2.24) is 4.72 Å². The third-order valence-corrected chi connectivity index (χ3v) is 3.92. The van der Waals surface area contributed by atoms with Crippen LogP contribution >= 0.6 is 11.6 Å². The van der Waals surface area contributed by atoms with E-state index in [9.17, 15) is 12.8 Å². The summed E-state index contributed by atoms with van der Waals surface area (Å²) in [5.74, 6) is -0.0533. The molecule has 0 aliphatic heterocycles. The van der Waals surface area contributed by atoms with Gasteiger partial charge >= 0.3 is 0 Å². The van der Waals surface area contributed by atoms with E-state index in [0.717, 1.165) is 6.07 Å². The summed E-state index contributed by atoms with van der Waals surface area (Å²) in [4.78, 5) is 0.100. The minimum Gasteiger partial charge on any atom is -0.211 e. The van der Waals surface area contributed by atoms with E-state index >= 15 is 0 Å². The number of hydrogen-bond acceptors (Lipinski definition) is 2. The number of benzene rings is 1. The molecular formula is C10H13ClFNO2S. The highest BCUT2D eigenvalue weighted by atomic mass is 35.5. The fourth-order valence-corrected chi connectivity index (χ4v) is 2.70. The molecule has 0 unspecified atom stereocenters. The van der Waals surface area contributed by atoms with Gasteiger partial charge in [0.15, 0.2) is 0 Å². The molecule has 1 aromatic rings. The van der Waals surface area contributed by atoms with E-state index in [1.807, 2.05) is 0 Å². The summed E-state index contributed by atoms with van der Waals surface area (Å²) in [7, 11) is -3.56. The first-order chi connectivity index (χ1) is 7.47. The first kappa shape index (κ1) is 13.4. The van der Waals surface area contributed by atoms with Crippen LogP contribution < -0.4 is 4.72 Å². The normalized spacial score (nSPS) is 11.7. The molecule has 0 bridgehead atoms. The zero-order chi connectivity index (χ0) is 12.2. The highest BCUT2D eigenvalue weighted by Crippen LogP contribution is 2.15. The summed E-state index contributed by atoms with van der Waals surface area (Å²) in [6, 6.07) is 3.58. The summed E-state index contributed by atoms with van der Waals surface area (Å²) in [6.45, 7) is 1.84. The van der Waals surface area contributed by atoms with E-state index in [2.05, 4.69) is 4.72 Å². The fourth-order valence-electron chi connectivity index (χ4n) is 1.27. The van der Waals surface area contributed by atoms with Gasteiger partial charge in [-0.2, -0.15) is 0 Å². The van der Waals surface area contributed by atoms with Gasteiger partial charge in [0.05, 0.1) is 4.90 Å². The quantitative estimate of drug-likeness (QED) is 0.654. The first-order valence-corrected chi connectivity index (χ1v) is 6.81. The van der Waals surface area contributed by atoms with Crippen molar-refractivity contribution in [1.29, 1.82) is 0 Å². The Morgan fingerprint density at radius 2 is 2.12 bits per heavy atom. The molecule has 0 radical (unpaired) electrons. The van der Waals surface area contributed by atoms with E-state index in [0.29, 0.717) is 17.9 Å². The zero-order valence-corrected chi connectivity index (χ0v) is 10.4. The highest BCUT2D eigenvalue weighted by molar-refractivity contribution is 7.89. The molecule has 0 aliphatic carbocycles. The van der Waals surface area contributed by atoms with Crippen molar-refractivity contribution in [3.63, 3.8) is 0 Å². The minimum absolute atomic E-state index is 0.100. The van der Waals surface area contributed by atoms with Crippen molar-refractivity contribution >= 4 is 21.6 Å². The van der Waals surface area contributed by atoms with Gasteiger partial charge in [0.25, 0.3) is 0 Å². The summed E-state index contributed by atoms with van der Waals surface area (Å²) < 4.78 is 38.7. The van der Waals surface area contributed by atoms with Crippen molar-refractivity contribution in [3.8, 4) is 0 Å². The second kappa shape index (κ2) is 5.61. The molecule has 0 aromatic heterocycles. The van der Waals surface area contributed by atoms with E-state index in [4.69, 9.17) is 11.6 Å². The Kier molecular flexibility index (Phi) is 4.70. The van der Waals surface area contributed by atoms with Crippen LogP contribution in [-0.2, 0) is 10.0 Å². The van der Waals surface area contributed by atoms with Gasteiger partial charge < -0.3 is 0 Å². The lowest BCUT2D eigenvalue weighted by Gasteiger charge is -2.08. The van der Waals surface area contributed by atoms with Crippen LogP contribution in [-0.4, -0.2) is 20.8 Å². The Balaban J connectivity index is 2.90. The van der Waals surface area contributed by atoms with Crippen LogP contribution in [0.3, 0.4) is 0 Å². The van der Waals surface area contributed by atoms with Crippen molar-refractivity contribution in [2.75, 3.05) is 12.4 Å². The average Bonchev–Trinajstić information content (AvgIpc) is 2.17. The number of nitrogens with one attached hydrogen (secondary N) is 1. The molecule has 0 heterocycles. The van der Waals surface area contributed by atoms with Gasteiger partial charge in [0.1, 0.15) is 5.82 Å². The molecule has 90 valence electrons. The molecule has 0 fully saturated rings. The zero-order valence-electron chi connectivity index (χ0n) is 8.83. The predicted octanol–water partition coefficient (Wildman–Crippen LogP) is 2.04. The fraction of sp³-hybridized carbons (Fsp3) is 0.400. The maximum absolute atomic E-state index is 12.8. The molecule has 0 amide bonds. The van der Waals surface area contributed by atoms with Crippen molar-refractivity contribution < 1.29 is 12.8 Å². The Bertz CT molecular complexity index is 462. The van der Waals surface area contributed by atoms with Gasteiger partial charge in [-0.25, -0.2) is 17.5 Å². The molecule has 0 atom stereocenters. The van der Waals surface area contributed by atoms with Gasteiger partial charge in [0, 0.05) is 12.4 Å². The molecule has 0 spiro atoms. The van der Waals surface area contributed by atoms with Gasteiger partial charge in [-0.1, -0.05) is 0 Å². The van der Waals surface area contributed by atoms with Crippen LogP contribution in [0.5, 0.6) is 0 Å². The smallest absolute Gasteiger partial charge is 0.211 e. The number of hydrogen-bond donors (Lipinski definition) is 1. The lowest BCUT2D eigenvalue weighted by molar-refractivity contribution is 0.579. The molecule has 0 saturated carbocycles. The number of alkyl halides is 1. The third kappa shape index (κ3) is 3.43. The van der Waals surface area contributed by atoms with Crippen LogP contribution in [0.4, 0.5) is 4.39 Å². The largest absolute Gasteiger partial charge is 0.240 e. The van der Waals surface area contributed by atoms with E-state index in [1.165, 1.54) is 12.1 Å². The van der Waals surface area contributed by atoms with Crippen LogP contribution in [0.1, 0.15) is 12.0 Å². The predicted molar refractivity (Wildman–Crippen MR) is 61.7 cm³/mol. The highest BCUT2D eigenvalue weighted by Gasteiger charge is 2.16. The summed E-state index contributed by atoms with van der Waals surface area (Å²) in [5.41, 5.74) is 0.387. The molecule has 1 rings (SSSR count). The molecule has 6 heteroatoms. The van der Waals surface area contributed by atoms with Gasteiger partial charge in [-0.05, 0) is 37.1 Å². The summed E-state index contributed by atoms with van der Waals surface area (Å²) in [6.07, 6.45) is 0.557. The standard InChI is InChI=1S/C10H13ClFNO2S/c1-8-7-9(12)3-4-10(8)16(14,15)13-6-2-5-11/h3-4,7,13H,2,5-6H2,1H3. The summed E-state index contributed by atoms with van der Waals surface area (Å²) >= 11 is 5.44. The van der Waals surface area contributed by atoms with Crippen LogP contribution in [0.2, 0.25) is 0 Å². The molecule has 16 heavy (non-hydrogen) atoms. The monoisotopic (exact) mass is 265 g/mol. The average molecular weight is 266 g/mol. The van der Waals surface area contributed by atoms with E-state index in [-0.39, 0.29) is 11.4 Å². The van der Waals surface area contributed by atoms with Crippen molar-refractivity contribution in [2.24, 2.45) is 0 Å². The third-order valence-electron chi connectivity index (χ3n) is 2.03. The molecule has 1 aromatic carbocycles. The topological polar surface area (TPSA) is 46.2 Å². The van der Waals surface area contributed by atoms with Crippen molar-refractivity contribution in [3.05, 3.63) is 29.6 Å². The molecule has 3 nitrogen and oxygen atoms in total. The number of halogens is 2. The maximum atomic E-state index is 12.8. The SMILES string of the molecule is Cc1cc(F)ccc1S(=O)(=O)NCCCCl. The number of sulfonamides is 1. The minimum atomic E-state index is -3.56. The second-order valence-corrected chi connectivity index (χ2v) is 5.46. The molecule has 1 N–H and O–H groups in total. The van der Waals surface area contributed by atoms with Crippen LogP contribution in [0.25, 0.3) is 0 Å². The number of rotatable bonds is 5. The lowest BCUT2D eigenvalue weighted by atomic mass is 10.2. The van der Waals surface area contributed by atoms with Gasteiger partial charge in [-0.3, -0.25) is 0 Å². The second-order valence-electron chi connectivity index (χ2n) is 3.35. The maximum Gasteiger partial charge on any atom is 0.240 e. The van der Waals surface area contributed by atoms with Crippen LogP contribution in [0, 0.1) is 12.7 Å². The Labute approximate surface area is 99.7 Å². The van der Waals surface area contributed by atoms with Gasteiger partial charge in [0.2, 0.25) is 10.0 Å². The Morgan fingerprint density at radius 3 is 2.69 bits per heavy atom. The molecular weight excluding hydrogens is 253 g/mol. The lowest BCUT2D eigenvalue weighted by Crippen LogP contribution is -2.25. The van der Waals surface area contributed by atoms with Crippen LogP contribution in [0.15, 0.2) is 23.1 Å². The van der Waals surface area contributed by atoms with E-state index < -0.39 is 15.8 Å². The van der Waals surface area contributed by atoms with Gasteiger partial charge in [-0.15, -0.1) is 11.6 Å². The Hall–Kier alpha value is -0.650. The Morgan fingerprint density at radius 1 is 1.44 bits per heavy atom. The van der Waals surface area contributed by atoms with E-state index in [1.54, 1.807) is 6.92 Å². The molecule has 0 aliphatic rings. The summed E-state index contributed by atoms with van der Waals surface area (Å²) in [5, 5.41) is 0. The first-order valence-electron chi connectivity index (χ1n) is 4.79.